The van der Waals surface area contributed by atoms with Crippen LogP contribution < -0.4 is 10.6 Å². The fraction of sp³-hybridized carbons (Fsp3) is 0.462. The molecule has 1 aromatic carbocycles. The van der Waals surface area contributed by atoms with Crippen molar-refractivity contribution < 1.29 is 4.79 Å². The van der Waals surface area contributed by atoms with Gasteiger partial charge in [-0.1, -0.05) is 12.1 Å². The topological polar surface area (TPSA) is 41.1 Å². The van der Waals surface area contributed by atoms with Gasteiger partial charge in [0.1, 0.15) is 0 Å². The van der Waals surface area contributed by atoms with Crippen LogP contribution in [0.4, 0.5) is 5.69 Å². The van der Waals surface area contributed by atoms with E-state index in [9.17, 15) is 4.79 Å². The van der Waals surface area contributed by atoms with Gasteiger partial charge in [0.05, 0.1) is 0 Å². The van der Waals surface area contributed by atoms with Gasteiger partial charge in [0.2, 0.25) is 5.91 Å². The summed E-state index contributed by atoms with van der Waals surface area (Å²) in [6.45, 7) is 0.822. The molecule has 1 fully saturated rings. The smallest absolute Gasteiger partial charge is 0.228 e. The molecule has 2 rings (SSSR count). The Morgan fingerprint density at radius 1 is 1.53 bits per heavy atom. The van der Waals surface area contributed by atoms with Crippen molar-refractivity contribution in [2.75, 3.05) is 23.9 Å². The maximum atomic E-state index is 11.9. The number of nitrogens with one attached hydrogen (secondary N) is 2. The summed E-state index contributed by atoms with van der Waals surface area (Å²) < 4.78 is 0. The van der Waals surface area contributed by atoms with Crippen molar-refractivity contribution in [2.45, 2.75) is 13.0 Å². The Labute approximate surface area is 106 Å². The Hall–Kier alpha value is -1.00. The predicted octanol–water partition coefficient (Wildman–Crippen LogP) is 2.10. The summed E-state index contributed by atoms with van der Waals surface area (Å²) in [7, 11) is 1.92. The van der Waals surface area contributed by atoms with Crippen LogP contribution in [0.1, 0.15) is 12.0 Å². The zero-order chi connectivity index (χ0) is 12.1. The molecule has 0 radical (unpaired) electrons. The summed E-state index contributed by atoms with van der Waals surface area (Å²) in [4.78, 5) is 11.9. The van der Waals surface area contributed by atoms with Gasteiger partial charge in [0.25, 0.3) is 0 Å². The zero-order valence-electron chi connectivity index (χ0n) is 10.0. The highest BCUT2D eigenvalue weighted by Crippen LogP contribution is 2.24. The van der Waals surface area contributed by atoms with Crippen LogP contribution in [-0.2, 0) is 11.3 Å². The molecule has 1 unspecified atom stereocenters. The molecule has 1 aliphatic rings. The van der Waals surface area contributed by atoms with E-state index < -0.39 is 0 Å². The van der Waals surface area contributed by atoms with Crippen molar-refractivity contribution >= 4 is 23.4 Å². The van der Waals surface area contributed by atoms with Crippen molar-refractivity contribution in [3.05, 3.63) is 29.8 Å². The van der Waals surface area contributed by atoms with E-state index in [1.54, 1.807) is 0 Å². The number of anilines is 1. The molecular weight excluding hydrogens is 232 g/mol. The molecule has 92 valence electrons. The second-order valence-electron chi connectivity index (χ2n) is 4.28. The average molecular weight is 250 g/mol. The Balaban J connectivity index is 1.97. The molecule has 1 amide bonds. The van der Waals surface area contributed by atoms with Crippen molar-refractivity contribution in [1.29, 1.82) is 0 Å². The van der Waals surface area contributed by atoms with Crippen LogP contribution in [0, 0.1) is 5.92 Å². The monoisotopic (exact) mass is 250 g/mol. The molecular formula is C13H18N2OS. The third kappa shape index (κ3) is 3.48. The molecule has 1 aromatic rings. The number of carbonyl (C=O) groups is 1. The predicted molar refractivity (Wildman–Crippen MR) is 73.3 cm³/mol. The van der Waals surface area contributed by atoms with Gasteiger partial charge in [-0.3, -0.25) is 4.79 Å². The standard InChI is InChI=1S/C13H18N2OS/c1-14-8-10-3-2-4-12(7-10)15-13(16)11-5-6-17-9-11/h2-4,7,11,14H,5-6,8-9H2,1H3,(H,15,16). The number of carbonyl (C=O) groups excluding carboxylic acids is 1. The molecule has 0 saturated carbocycles. The number of amides is 1. The van der Waals surface area contributed by atoms with Crippen LogP contribution in [-0.4, -0.2) is 24.5 Å². The molecule has 2 N–H and O–H groups in total. The van der Waals surface area contributed by atoms with Gasteiger partial charge >= 0.3 is 0 Å². The van der Waals surface area contributed by atoms with Crippen molar-refractivity contribution in [1.82, 2.24) is 5.32 Å². The summed E-state index contributed by atoms with van der Waals surface area (Å²) in [6, 6.07) is 8.00. The number of thioether (sulfide) groups is 1. The molecule has 1 aliphatic heterocycles. The summed E-state index contributed by atoms with van der Waals surface area (Å²) in [5.41, 5.74) is 2.09. The maximum absolute atomic E-state index is 11.9. The lowest BCUT2D eigenvalue weighted by molar-refractivity contribution is -0.119. The van der Waals surface area contributed by atoms with E-state index in [2.05, 4.69) is 16.7 Å². The van der Waals surface area contributed by atoms with Crippen molar-refractivity contribution in [3.8, 4) is 0 Å². The molecule has 4 heteroatoms. The quantitative estimate of drug-likeness (QED) is 0.860. The molecule has 0 aromatic heterocycles. The summed E-state index contributed by atoms with van der Waals surface area (Å²) >= 11 is 1.86. The zero-order valence-corrected chi connectivity index (χ0v) is 10.8. The van der Waals surface area contributed by atoms with Crippen LogP contribution in [0.25, 0.3) is 0 Å². The largest absolute Gasteiger partial charge is 0.326 e. The average Bonchev–Trinajstić information content (AvgIpc) is 2.83. The Morgan fingerprint density at radius 2 is 2.41 bits per heavy atom. The van der Waals surface area contributed by atoms with E-state index in [-0.39, 0.29) is 11.8 Å². The minimum atomic E-state index is 0.164. The van der Waals surface area contributed by atoms with E-state index in [1.807, 2.05) is 37.0 Å². The third-order valence-corrected chi connectivity index (χ3v) is 4.04. The highest BCUT2D eigenvalue weighted by Gasteiger charge is 2.22. The van der Waals surface area contributed by atoms with Crippen LogP contribution in [0.2, 0.25) is 0 Å². The van der Waals surface area contributed by atoms with E-state index in [0.29, 0.717) is 0 Å². The first-order chi connectivity index (χ1) is 8.29. The fourth-order valence-electron chi connectivity index (χ4n) is 1.95. The molecule has 1 heterocycles. The van der Waals surface area contributed by atoms with Gasteiger partial charge in [0, 0.05) is 23.9 Å². The highest BCUT2D eigenvalue weighted by molar-refractivity contribution is 7.99. The number of benzene rings is 1. The second-order valence-corrected chi connectivity index (χ2v) is 5.43. The Morgan fingerprint density at radius 3 is 3.12 bits per heavy atom. The van der Waals surface area contributed by atoms with Crippen LogP contribution in [0.15, 0.2) is 24.3 Å². The molecule has 3 nitrogen and oxygen atoms in total. The SMILES string of the molecule is CNCc1cccc(NC(=O)C2CCSC2)c1. The first-order valence-electron chi connectivity index (χ1n) is 5.92. The lowest BCUT2D eigenvalue weighted by Gasteiger charge is -2.10. The van der Waals surface area contributed by atoms with E-state index >= 15 is 0 Å². The Bertz CT molecular complexity index is 389. The third-order valence-electron chi connectivity index (χ3n) is 2.88. The molecule has 1 atom stereocenters. The summed E-state index contributed by atoms with van der Waals surface area (Å²) in [6.07, 6.45) is 1.01. The highest BCUT2D eigenvalue weighted by atomic mass is 32.2. The van der Waals surface area contributed by atoms with E-state index in [0.717, 1.165) is 30.2 Å². The molecule has 0 spiro atoms. The van der Waals surface area contributed by atoms with E-state index in [1.165, 1.54) is 5.56 Å². The van der Waals surface area contributed by atoms with E-state index in [4.69, 9.17) is 0 Å². The van der Waals surface area contributed by atoms with Crippen LogP contribution in [0.5, 0.6) is 0 Å². The normalized spacial score (nSPS) is 19.2. The first kappa shape index (κ1) is 12.5. The number of rotatable bonds is 4. The van der Waals surface area contributed by atoms with Gasteiger partial charge < -0.3 is 10.6 Å². The van der Waals surface area contributed by atoms with Gasteiger partial charge in [-0.05, 0) is 36.9 Å². The first-order valence-corrected chi connectivity index (χ1v) is 7.07. The minimum absolute atomic E-state index is 0.164. The maximum Gasteiger partial charge on any atom is 0.228 e. The molecule has 17 heavy (non-hydrogen) atoms. The fourth-order valence-corrected chi connectivity index (χ4v) is 3.17. The minimum Gasteiger partial charge on any atom is -0.326 e. The summed E-state index contributed by atoms with van der Waals surface area (Å²) in [5, 5.41) is 6.11. The lowest BCUT2D eigenvalue weighted by Crippen LogP contribution is -2.22. The second kappa shape index (κ2) is 6.07. The van der Waals surface area contributed by atoms with Crippen LogP contribution >= 0.6 is 11.8 Å². The van der Waals surface area contributed by atoms with Gasteiger partial charge in [-0.25, -0.2) is 0 Å². The van der Waals surface area contributed by atoms with Crippen molar-refractivity contribution in [2.24, 2.45) is 5.92 Å². The molecule has 0 aliphatic carbocycles. The molecule has 0 bridgehead atoms. The number of hydrogen-bond donors (Lipinski definition) is 2. The summed E-state index contributed by atoms with van der Waals surface area (Å²) in [5.74, 6) is 2.42. The lowest BCUT2D eigenvalue weighted by atomic mass is 10.1. The van der Waals surface area contributed by atoms with Gasteiger partial charge in [-0.15, -0.1) is 0 Å². The van der Waals surface area contributed by atoms with Gasteiger partial charge in [-0.2, -0.15) is 11.8 Å². The number of hydrogen-bond acceptors (Lipinski definition) is 3. The van der Waals surface area contributed by atoms with Crippen LogP contribution in [0.3, 0.4) is 0 Å². The van der Waals surface area contributed by atoms with Gasteiger partial charge in [0.15, 0.2) is 0 Å². The van der Waals surface area contributed by atoms with Crippen molar-refractivity contribution in [3.63, 3.8) is 0 Å². The Kier molecular flexibility index (Phi) is 4.45. The molecule has 1 saturated heterocycles.